The summed E-state index contributed by atoms with van der Waals surface area (Å²) in [5.74, 6) is -1.21. The molecule has 0 fully saturated rings. The van der Waals surface area contributed by atoms with Crippen LogP contribution < -0.4 is 5.32 Å². The van der Waals surface area contributed by atoms with Crippen LogP contribution in [0.1, 0.15) is 30.3 Å². The number of rotatable bonds is 6. The topological polar surface area (TPSA) is 105 Å². The zero-order chi connectivity index (χ0) is 12.8. The van der Waals surface area contributed by atoms with Gasteiger partial charge in [0.05, 0.1) is 4.92 Å². The number of hydrogen-bond acceptors (Lipinski definition) is 5. The van der Waals surface area contributed by atoms with Gasteiger partial charge in [-0.3, -0.25) is 10.1 Å². The minimum Gasteiger partial charge on any atom is -0.477 e. The van der Waals surface area contributed by atoms with Crippen LogP contribution in [0.4, 0.5) is 11.5 Å². The summed E-state index contributed by atoms with van der Waals surface area (Å²) in [5.41, 5.74) is -0.430. The Morgan fingerprint density at radius 3 is 2.82 bits per heavy atom. The average molecular weight is 239 g/mol. The first kappa shape index (κ1) is 12.9. The third-order valence-electron chi connectivity index (χ3n) is 2.11. The number of unbranched alkanes of at least 4 members (excludes halogenated alkanes) is 1. The van der Waals surface area contributed by atoms with Gasteiger partial charge in [0.25, 0.3) is 0 Å². The van der Waals surface area contributed by atoms with Crippen LogP contribution in [-0.2, 0) is 0 Å². The van der Waals surface area contributed by atoms with Crippen LogP contribution in [0.25, 0.3) is 0 Å². The predicted octanol–water partition coefficient (Wildman–Crippen LogP) is 1.90. The standard InChI is InChI=1S/C10H13N3O4/c1-2-3-6-11-9-8(13(16)17)5-4-7(12-9)10(14)15/h4-5H,2-3,6H2,1H3,(H,11,12)(H,14,15). The molecular formula is C10H13N3O4. The number of pyridine rings is 1. The molecular weight excluding hydrogens is 226 g/mol. The van der Waals surface area contributed by atoms with Gasteiger partial charge in [0.1, 0.15) is 0 Å². The van der Waals surface area contributed by atoms with Crippen LogP contribution in [0, 0.1) is 10.1 Å². The molecule has 0 aliphatic rings. The Morgan fingerprint density at radius 2 is 2.29 bits per heavy atom. The molecule has 7 heteroatoms. The Balaban J connectivity index is 2.98. The molecule has 0 saturated heterocycles. The Hall–Kier alpha value is -2.18. The van der Waals surface area contributed by atoms with E-state index in [0.29, 0.717) is 6.54 Å². The van der Waals surface area contributed by atoms with E-state index >= 15 is 0 Å². The molecule has 7 nitrogen and oxygen atoms in total. The van der Waals surface area contributed by atoms with Gasteiger partial charge in [-0.2, -0.15) is 0 Å². The van der Waals surface area contributed by atoms with E-state index in [9.17, 15) is 14.9 Å². The molecule has 17 heavy (non-hydrogen) atoms. The molecule has 2 N–H and O–H groups in total. The molecule has 0 unspecified atom stereocenters. The van der Waals surface area contributed by atoms with Gasteiger partial charge >= 0.3 is 11.7 Å². The first-order chi connectivity index (χ1) is 8.06. The highest BCUT2D eigenvalue weighted by Crippen LogP contribution is 2.22. The number of anilines is 1. The lowest BCUT2D eigenvalue weighted by atomic mass is 10.3. The fourth-order valence-electron chi connectivity index (χ4n) is 1.23. The Labute approximate surface area is 97.6 Å². The lowest BCUT2D eigenvalue weighted by Gasteiger charge is -2.05. The highest BCUT2D eigenvalue weighted by atomic mass is 16.6. The molecule has 0 atom stereocenters. The van der Waals surface area contributed by atoms with Crippen molar-refractivity contribution in [1.29, 1.82) is 0 Å². The smallest absolute Gasteiger partial charge is 0.354 e. The third kappa shape index (κ3) is 3.40. The zero-order valence-corrected chi connectivity index (χ0v) is 9.34. The van der Waals surface area contributed by atoms with Crippen molar-refractivity contribution in [2.24, 2.45) is 0 Å². The predicted molar refractivity (Wildman–Crippen MR) is 61.2 cm³/mol. The second kappa shape index (κ2) is 5.78. The minimum atomic E-state index is -1.21. The van der Waals surface area contributed by atoms with Gasteiger partial charge in [0, 0.05) is 12.6 Å². The maximum Gasteiger partial charge on any atom is 0.354 e. The highest BCUT2D eigenvalue weighted by Gasteiger charge is 2.17. The van der Waals surface area contributed by atoms with Gasteiger partial charge in [0.15, 0.2) is 5.69 Å². The SMILES string of the molecule is CCCCNc1nc(C(=O)O)ccc1[N+](=O)[O-]. The van der Waals surface area contributed by atoms with E-state index < -0.39 is 10.9 Å². The number of carboxylic acid groups (broad SMARTS) is 1. The molecule has 0 radical (unpaired) electrons. The van der Waals surface area contributed by atoms with Gasteiger partial charge in [-0.05, 0) is 12.5 Å². The molecule has 92 valence electrons. The lowest BCUT2D eigenvalue weighted by molar-refractivity contribution is -0.384. The van der Waals surface area contributed by atoms with E-state index in [2.05, 4.69) is 10.3 Å². The maximum atomic E-state index is 10.7. The number of nitrogens with zero attached hydrogens (tertiary/aromatic N) is 2. The van der Waals surface area contributed by atoms with Gasteiger partial charge in [-0.25, -0.2) is 9.78 Å². The maximum absolute atomic E-state index is 10.7. The number of carbonyl (C=O) groups is 1. The van der Waals surface area contributed by atoms with E-state index in [4.69, 9.17) is 5.11 Å². The van der Waals surface area contributed by atoms with E-state index in [1.54, 1.807) is 0 Å². The van der Waals surface area contributed by atoms with Gasteiger partial charge in [0.2, 0.25) is 5.82 Å². The molecule has 0 aromatic carbocycles. The summed E-state index contributed by atoms with van der Waals surface area (Å²) in [5, 5.41) is 22.2. The molecule has 1 heterocycles. The van der Waals surface area contributed by atoms with E-state index in [1.807, 2.05) is 6.92 Å². The van der Waals surface area contributed by atoms with Crippen molar-refractivity contribution in [3.8, 4) is 0 Å². The van der Waals surface area contributed by atoms with Crippen LogP contribution in [0.3, 0.4) is 0 Å². The van der Waals surface area contributed by atoms with Crippen molar-refractivity contribution in [3.63, 3.8) is 0 Å². The fraction of sp³-hybridized carbons (Fsp3) is 0.400. The zero-order valence-electron chi connectivity index (χ0n) is 9.34. The van der Waals surface area contributed by atoms with Crippen LogP contribution in [0.2, 0.25) is 0 Å². The normalized spacial score (nSPS) is 9.94. The van der Waals surface area contributed by atoms with Crippen LogP contribution in [-0.4, -0.2) is 27.5 Å². The van der Waals surface area contributed by atoms with Crippen molar-refractivity contribution in [2.75, 3.05) is 11.9 Å². The summed E-state index contributed by atoms with van der Waals surface area (Å²) < 4.78 is 0. The number of hydrogen-bond donors (Lipinski definition) is 2. The lowest BCUT2D eigenvalue weighted by Crippen LogP contribution is -2.09. The average Bonchev–Trinajstić information content (AvgIpc) is 2.28. The quantitative estimate of drug-likeness (QED) is 0.446. The minimum absolute atomic E-state index is 0.00310. The first-order valence-corrected chi connectivity index (χ1v) is 5.19. The molecule has 0 spiro atoms. The van der Waals surface area contributed by atoms with Crippen molar-refractivity contribution in [1.82, 2.24) is 4.98 Å². The number of nitro groups is 1. The summed E-state index contributed by atoms with van der Waals surface area (Å²) in [4.78, 5) is 24.5. The summed E-state index contributed by atoms with van der Waals surface area (Å²) in [6, 6.07) is 2.26. The molecule has 0 aliphatic carbocycles. The van der Waals surface area contributed by atoms with Gasteiger partial charge < -0.3 is 10.4 Å². The molecule has 0 aliphatic heterocycles. The largest absolute Gasteiger partial charge is 0.477 e. The summed E-state index contributed by atoms with van der Waals surface area (Å²) >= 11 is 0. The highest BCUT2D eigenvalue weighted by molar-refractivity contribution is 5.86. The molecule has 1 rings (SSSR count). The van der Waals surface area contributed by atoms with Crippen molar-refractivity contribution in [2.45, 2.75) is 19.8 Å². The molecule has 0 amide bonds. The van der Waals surface area contributed by atoms with Crippen molar-refractivity contribution < 1.29 is 14.8 Å². The molecule has 0 bridgehead atoms. The summed E-state index contributed by atoms with van der Waals surface area (Å²) in [6.07, 6.45) is 1.76. The second-order valence-corrected chi connectivity index (χ2v) is 3.41. The molecule has 1 aromatic rings. The number of carboxylic acids is 1. The van der Waals surface area contributed by atoms with Crippen LogP contribution in [0.15, 0.2) is 12.1 Å². The van der Waals surface area contributed by atoms with Crippen LogP contribution in [0.5, 0.6) is 0 Å². The van der Waals surface area contributed by atoms with Crippen LogP contribution >= 0.6 is 0 Å². The Kier molecular flexibility index (Phi) is 4.38. The summed E-state index contributed by atoms with van der Waals surface area (Å²) in [7, 11) is 0. The van der Waals surface area contributed by atoms with Crippen molar-refractivity contribution >= 4 is 17.5 Å². The van der Waals surface area contributed by atoms with E-state index in [-0.39, 0.29) is 17.2 Å². The van der Waals surface area contributed by atoms with E-state index in [0.717, 1.165) is 25.0 Å². The van der Waals surface area contributed by atoms with Crippen molar-refractivity contribution in [3.05, 3.63) is 27.9 Å². The monoisotopic (exact) mass is 239 g/mol. The number of aromatic nitrogens is 1. The summed E-state index contributed by atoms with van der Waals surface area (Å²) in [6.45, 7) is 2.50. The number of aromatic carboxylic acids is 1. The molecule has 0 saturated carbocycles. The Morgan fingerprint density at radius 1 is 1.59 bits per heavy atom. The first-order valence-electron chi connectivity index (χ1n) is 5.19. The van der Waals surface area contributed by atoms with Gasteiger partial charge in [-0.15, -0.1) is 0 Å². The molecule has 1 aromatic heterocycles. The number of nitrogens with one attached hydrogen (secondary N) is 1. The fourth-order valence-corrected chi connectivity index (χ4v) is 1.23. The van der Waals surface area contributed by atoms with Gasteiger partial charge in [-0.1, -0.05) is 13.3 Å². The second-order valence-electron chi connectivity index (χ2n) is 3.41. The third-order valence-corrected chi connectivity index (χ3v) is 2.11. The Bertz CT molecular complexity index is 434. The van der Waals surface area contributed by atoms with E-state index in [1.165, 1.54) is 0 Å².